The quantitative estimate of drug-likeness (QED) is 0.245. The fourth-order valence-electron chi connectivity index (χ4n) is 2.36. The Bertz CT molecular complexity index is 876. The number of benzene rings is 1. The van der Waals surface area contributed by atoms with E-state index in [0.717, 1.165) is 49.5 Å². The van der Waals surface area contributed by atoms with Crippen molar-refractivity contribution in [3.05, 3.63) is 36.2 Å². The molecule has 0 aliphatic rings. The zero-order valence-electron chi connectivity index (χ0n) is 17.6. The van der Waals surface area contributed by atoms with Crippen LogP contribution in [0.4, 0.5) is 17.3 Å². The third kappa shape index (κ3) is 9.61. The van der Waals surface area contributed by atoms with Gasteiger partial charge in [-0.05, 0) is 57.1 Å². The molecule has 10 nitrogen and oxygen atoms in total. The number of aromatic nitrogens is 2. The van der Waals surface area contributed by atoms with Crippen LogP contribution in [0, 0.1) is 6.92 Å². The highest BCUT2D eigenvalue weighted by atomic mass is 32.3. The zero-order valence-corrected chi connectivity index (χ0v) is 18.4. The summed E-state index contributed by atoms with van der Waals surface area (Å²) in [4.78, 5) is 0. The molecule has 1 aromatic heterocycles. The van der Waals surface area contributed by atoms with Crippen molar-refractivity contribution < 1.29 is 21.7 Å². The predicted octanol–water partition coefficient (Wildman–Crippen LogP) is 2.42. The maximum atomic E-state index is 9.33. The van der Waals surface area contributed by atoms with Crippen molar-refractivity contribution in [3.8, 4) is 0 Å². The highest BCUT2D eigenvalue weighted by molar-refractivity contribution is 7.80. The van der Waals surface area contributed by atoms with E-state index in [4.69, 9.17) is 4.55 Å². The average Bonchev–Trinajstić information content (AvgIpc) is 2.99. The number of hydrogen-bond donors (Lipinski definition) is 3. The van der Waals surface area contributed by atoms with E-state index in [-0.39, 0.29) is 0 Å². The molecule has 1 heterocycles. The third-order valence-electron chi connectivity index (χ3n) is 3.98. The maximum absolute atomic E-state index is 9.33. The molecule has 1 aromatic carbocycles. The molecular formula is C18H31N6O4S+. The third-order valence-corrected chi connectivity index (χ3v) is 4.40. The Hall–Kier alpha value is -2.34. The van der Waals surface area contributed by atoms with Crippen molar-refractivity contribution in [1.82, 2.24) is 9.88 Å². The SMILES string of the molecule is CNCCCCNc1ccc(N=Nc2n(C)cc[n+]2C)c(C)c1.COS(=O)(=O)O. The van der Waals surface area contributed by atoms with E-state index >= 15 is 0 Å². The lowest BCUT2D eigenvalue weighted by molar-refractivity contribution is -0.657. The van der Waals surface area contributed by atoms with Crippen LogP contribution in [0.3, 0.4) is 0 Å². The average molecular weight is 428 g/mol. The molecule has 2 rings (SSSR count). The molecule has 0 saturated carbocycles. The first kappa shape index (κ1) is 24.7. The van der Waals surface area contributed by atoms with Gasteiger partial charge in [0.1, 0.15) is 5.69 Å². The number of anilines is 1. The monoisotopic (exact) mass is 427 g/mol. The Labute approximate surface area is 172 Å². The smallest absolute Gasteiger partial charge is 0.385 e. The lowest BCUT2D eigenvalue weighted by atomic mass is 10.2. The summed E-state index contributed by atoms with van der Waals surface area (Å²) in [6.07, 6.45) is 6.26. The van der Waals surface area contributed by atoms with E-state index in [1.807, 2.05) is 48.7 Å². The Morgan fingerprint density at radius 3 is 2.41 bits per heavy atom. The van der Waals surface area contributed by atoms with Crippen LogP contribution in [0.2, 0.25) is 0 Å². The van der Waals surface area contributed by atoms with Gasteiger partial charge in [-0.2, -0.15) is 8.42 Å². The minimum absolute atomic E-state index is 0.816. The van der Waals surface area contributed by atoms with Crippen LogP contribution in [0.15, 0.2) is 40.8 Å². The molecule has 0 unspecified atom stereocenters. The Morgan fingerprint density at radius 1 is 1.24 bits per heavy atom. The van der Waals surface area contributed by atoms with Gasteiger partial charge in [-0.3, -0.25) is 8.74 Å². The van der Waals surface area contributed by atoms with Crippen LogP contribution in [-0.2, 0) is 28.7 Å². The van der Waals surface area contributed by atoms with Gasteiger partial charge < -0.3 is 10.6 Å². The summed E-state index contributed by atoms with van der Waals surface area (Å²) in [5, 5.41) is 15.3. The standard InChI is InChI=1S/C17H26N6.CH4O4S/c1-14-13-15(19-10-6-5-9-18-2)7-8-16(14)20-21-17-22(3)11-12-23(17)4;1-5-6(2,3)4/h7-8,11-13,18H,5-6,9-10H2,1-4H3;1H3,(H,2,3,4)/p+1. The summed E-state index contributed by atoms with van der Waals surface area (Å²) >= 11 is 0. The van der Waals surface area contributed by atoms with Gasteiger partial charge in [0.05, 0.1) is 33.6 Å². The molecule has 0 aliphatic heterocycles. The van der Waals surface area contributed by atoms with E-state index in [2.05, 4.69) is 44.1 Å². The number of unbranched alkanes of at least 4 members (excludes halogenated alkanes) is 1. The van der Waals surface area contributed by atoms with Crippen LogP contribution in [0.25, 0.3) is 0 Å². The van der Waals surface area contributed by atoms with Crippen LogP contribution in [0.1, 0.15) is 18.4 Å². The van der Waals surface area contributed by atoms with Crippen molar-refractivity contribution in [3.63, 3.8) is 0 Å². The number of azo groups is 1. The number of hydrogen-bond acceptors (Lipinski definition) is 7. The van der Waals surface area contributed by atoms with Crippen LogP contribution >= 0.6 is 0 Å². The zero-order chi connectivity index (χ0) is 21.9. The van der Waals surface area contributed by atoms with Gasteiger partial charge >= 0.3 is 16.3 Å². The second-order valence-corrected chi connectivity index (χ2v) is 7.54. The van der Waals surface area contributed by atoms with E-state index in [1.54, 1.807) is 0 Å². The van der Waals surface area contributed by atoms with E-state index in [0.29, 0.717) is 0 Å². The van der Waals surface area contributed by atoms with Gasteiger partial charge in [0.2, 0.25) is 0 Å². The second kappa shape index (κ2) is 12.3. The normalized spacial score (nSPS) is 11.4. The molecule has 11 heteroatoms. The molecule has 162 valence electrons. The van der Waals surface area contributed by atoms with E-state index in [1.165, 1.54) is 6.42 Å². The van der Waals surface area contributed by atoms with Gasteiger partial charge in [0.25, 0.3) is 0 Å². The highest BCUT2D eigenvalue weighted by Crippen LogP contribution is 2.24. The van der Waals surface area contributed by atoms with Gasteiger partial charge in [0.15, 0.2) is 0 Å². The highest BCUT2D eigenvalue weighted by Gasteiger charge is 2.10. The number of nitrogens with zero attached hydrogens (tertiary/aromatic N) is 4. The fourth-order valence-corrected chi connectivity index (χ4v) is 2.36. The summed E-state index contributed by atoms with van der Waals surface area (Å²) in [5.74, 6) is 0.816. The summed E-state index contributed by atoms with van der Waals surface area (Å²) in [6.45, 7) is 4.11. The second-order valence-electron chi connectivity index (χ2n) is 6.35. The lowest BCUT2D eigenvalue weighted by Crippen LogP contribution is -2.25. The number of aryl methyl sites for hydroxylation is 3. The molecule has 0 amide bonds. The minimum atomic E-state index is -4.16. The molecule has 0 aliphatic carbocycles. The van der Waals surface area contributed by atoms with Crippen molar-refractivity contribution in [2.45, 2.75) is 19.8 Å². The summed E-state index contributed by atoms with van der Waals surface area (Å²) in [7, 11) is 2.62. The molecule has 0 atom stereocenters. The molecule has 0 saturated heterocycles. The largest absolute Gasteiger partial charge is 0.421 e. The van der Waals surface area contributed by atoms with Crippen LogP contribution in [0.5, 0.6) is 0 Å². The van der Waals surface area contributed by atoms with Crippen LogP contribution < -0.4 is 15.2 Å². The molecule has 2 aromatic rings. The van der Waals surface area contributed by atoms with Crippen molar-refractivity contribution in [2.75, 3.05) is 32.6 Å². The van der Waals surface area contributed by atoms with E-state index in [9.17, 15) is 8.42 Å². The Morgan fingerprint density at radius 2 is 1.90 bits per heavy atom. The van der Waals surface area contributed by atoms with E-state index < -0.39 is 10.4 Å². The Balaban J connectivity index is 0.000000612. The van der Waals surface area contributed by atoms with Gasteiger partial charge in [-0.25, -0.2) is 9.13 Å². The van der Waals surface area contributed by atoms with Crippen LogP contribution in [-0.4, -0.2) is 44.8 Å². The van der Waals surface area contributed by atoms with Crippen molar-refractivity contribution in [1.29, 1.82) is 0 Å². The number of rotatable bonds is 9. The van der Waals surface area contributed by atoms with Gasteiger partial charge in [-0.15, -0.1) is 0 Å². The topological polar surface area (TPSA) is 121 Å². The first-order chi connectivity index (χ1) is 13.7. The van der Waals surface area contributed by atoms with Crippen molar-refractivity contribution >= 4 is 27.7 Å². The maximum Gasteiger partial charge on any atom is 0.421 e. The van der Waals surface area contributed by atoms with Gasteiger partial charge in [-0.1, -0.05) is 5.11 Å². The molecule has 29 heavy (non-hydrogen) atoms. The minimum Gasteiger partial charge on any atom is -0.385 e. The lowest BCUT2D eigenvalue weighted by Gasteiger charge is -2.07. The van der Waals surface area contributed by atoms with Gasteiger partial charge in [0, 0.05) is 17.3 Å². The fraction of sp³-hybridized carbons (Fsp3) is 0.500. The molecule has 0 bridgehead atoms. The predicted molar refractivity (Wildman–Crippen MR) is 112 cm³/mol. The molecule has 3 N–H and O–H groups in total. The molecule has 0 fully saturated rings. The molecule has 0 radical (unpaired) electrons. The summed E-state index contributed by atoms with van der Waals surface area (Å²) in [6, 6.07) is 6.19. The summed E-state index contributed by atoms with van der Waals surface area (Å²) < 4.78 is 33.6. The number of imidazole rings is 1. The first-order valence-electron chi connectivity index (χ1n) is 9.12. The molecule has 0 spiro atoms. The Kier molecular flexibility index (Phi) is 10.5. The van der Waals surface area contributed by atoms with Crippen molar-refractivity contribution in [2.24, 2.45) is 24.3 Å². The number of nitrogens with one attached hydrogen (secondary N) is 2. The molecular weight excluding hydrogens is 396 g/mol. The first-order valence-corrected chi connectivity index (χ1v) is 10.5. The summed E-state index contributed by atoms with van der Waals surface area (Å²) in [5.41, 5.74) is 3.15.